The number of aromatic nitrogens is 1. The zero-order valence-corrected chi connectivity index (χ0v) is 12.7. The molecule has 2 heterocycles. The van der Waals surface area contributed by atoms with Gasteiger partial charge in [-0.05, 0) is 12.1 Å². The molecule has 2 aromatic rings. The van der Waals surface area contributed by atoms with Crippen LogP contribution < -0.4 is 19.4 Å². The number of hydrogen-bond donors (Lipinski definition) is 1. The Bertz CT molecular complexity index is 700. The van der Waals surface area contributed by atoms with E-state index >= 15 is 0 Å². The van der Waals surface area contributed by atoms with E-state index in [1.165, 1.54) is 0 Å². The van der Waals surface area contributed by atoms with Crippen LogP contribution in [0.5, 0.6) is 11.5 Å². The number of nitrogens with zero attached hydrogens (tertiary/aromatic N) is 1. The first-order valence-corrected chi connectivity index (χ1v) is 7.32. The molecule has 5 heteroatoms. The lowest BCUT2D eigenvalue weighted by Crippen LogP contribution is -2.46. The van der Waals surface area contributed by atoms with E-state index in [1.807, 2.05) is 54.9 Å². The Labute approximate surface area is 129 Å². The molecule has 0 spiro atoms. The highest BCUT2D eigenvalue weighted by Crippen LogP contribution is 2.32. The molecule has 1 N–H and O–H groups in total. The Morgan fingerprint density at radius 1 is 1.18 bits per heavy atom. The Morgan fingerprint density at radius 2 is 1.95 bits per heavy atom. The number of pyridine rings is 1. The Balaban J connectivity index is 1.75. The summed E-state index contributed by atoms with van der Waals surface area (Å²) < 4.78 is 12.9. The van der Waals surface area contributed by atoms with Crippen LogP contribution in [0, 0.1) is 6.92 Å². The third-order valence-electron chi connectivity index (χ3n) is 3.71. The first-order chi connectivity index (χ1) is 10.6. The second kappa shape index (κ2) is 6.05. The molecule has 5 nitrogen and oxygen atoms in total. The van der Waals surface area contributed by atoms with E-state index in [4.69, 9.17) is 9.47 Å². The van der Waals surface area contributed by atoms with Crippen LogP contribution in [0.1, 0.15) is 18.7 Å². The molecule has 0 unspecified atom stereocenters. The molecule has 1 aromatic heterocycles. The highest BCUT2D eigenvalue weighted by Gasteiger charge is 2.24. The van der Waals surface area contributed by atoms with Crippen molar-refractivity contribution < 1.29 is 18.8 Å². The first-order valence-electron chi connectivity index (χ1n) is 7.32. The molecule has 3 rings (SSSR count). The van der Waals surface area contributed by atoms with Gasteiger partial charge in [0.25, 0.3) is 5.91 Å². The second-order valence-corrected chi connectivity index (χ2v) is 5.27. The van der Waals surface area contributed by atoms with Gasteiger partial charge in [0.1, 0.15) is 13.2 Å². The predicted molar refractivity (Wildman–Crippen MR) is 82.1 cm³/mol. The van der Waals surface area contributed by atoms with Gasteiger partial charge < -0.3 is 14.8 Å². The Morgan fingerprint density at radius 3 is 2.73 bits per heavy atom. The summed E-state index contributed by atoms with van der Waals surface area (Å²) in [6, 6.07) is 11.0. The van der Waals surface area contributed by atoms with E-state index in [0.717, 1.165) is 5.69 Å². The third-order valence-corrected chi connectivity index (χ3v) is 3.71. The molecule has 1 amide bonds. The zero-order chi connectivity index (χ0) is 15.5. The highest BCUT2D eigenvalue weighted by molar-refractivity contribution is 5.92. The fourth-order valence-electron chi connectivity index (χ4n) is 2.47. The number of carbonyl (C=O) groups excluding carboxylic acids is 1. The van der Waals surface area contributed by atoms with Crippen molar-refractivity contribution in [1.29, 1.82) is 0 Å². The summed E-state index contributed by atoms with van der Waals surface area (Å²) in [5.41, 5.74) is 1.74. The molecule has 22 heavy (non-hydrogen) atoms. The minimum absolute atomic E-state index is 0.0732. The van der Waals surface area contributed by atoms with Crippen LogP contribution in [0.4, 0.5) is 5.69 Å². The number of fused-ring (bicyclic) bond motifs is 1. The molecule has 1 aromatic carbocycles. The van der Waals surface area contributed by atoms with Crippen molar-refractivity contribution >= 4 is 11.6 Å². The molecule has 0 radical (unpaired) electrons. The van der Waals surface area contributed by atoms with Crippen molar-refractivity contribution in [2.45, 2.75) is 19.9 Å². The lowest BCUT2D eigenvalue weighted by atomic mass is 10.2. The average molecular weight is 299 g/mol. The third kappa shape index (κ3) is 2.88. The fourth-order valence-corrected chi connectivity index (χ4v) is 2.47. The van der Waals surface area contributed by atoms with Crippen LogP contribution in [0.2, 0.25) is 0 Å². The van der Waals surface area contributed by atoms with Gasteiger partial charge in [-0.3, -0.25) is 4.79 Å². The van der Waals surface area contributed by atoms with Crippen LogP contribution in [0.25, 0.3) is 0 Å². The number of hydrogen-bond acceptors (Lipinski definition) is 3. The number of rotatable bonds is 3. The SMILES string of the molecule is Cc1cccc[n+]1[C@H](C)C(=O)Nc1ccc2c(c1)OCCO2. The van der Waals surface area contributed by atoms with E-state index in [0.29, 0.717) is 30.4 Å². The van der Waals surface area contributed by atoms with Crippen LogP contribution in [0.3, 0.4) is 0 Å². The van der Waals surface area contributed by atoms with Gasteiger partial charge in [-0.2, -0.15) is 4.57 Å². The highest BCUT2D eigenvalue weighted by atomic mass is 16.6. The summed E-state index contributed by atoms with van der Waals surface area (Å²) in [6.45, 7) is 4.94. The van der Waals surface area contributed by atoms with Crippen LogP contribution >= 0.6 is 0 Å². The van der Waals surface area contributed by atoms with Crippen LogP contribution in [-0.2, 0) is 4.79 Å². The normalized spacial score (nSPS) is 14.3. The topological polar surface area (TPSA) is 51.4 Å². The molecule has 0 aliphatic carbocycles. The van der Waals surface area contributed by atoms with Crippen molar-refractivity contribution in [3.05, 3.63) is 48.3 Å². The maximum atomic E-state index is 12.4. The molecule has 114 valence electrons. The zero-order valence-electron chi connectivity index (χ0n) is 12.7. The van der Waals surface area contributed by atoms with Gasteiger partial charge in [0.2, 0.25) is 6.04 Å². The maximum absolute atomic E-state index is 12.4. The summed E-state index contributed by atoms with van der Waals surface area (Å²) in [7, 11) is 0. The average Bonchev–Trinajstić information content (AvgIpc) is 2.54. The van der Waals surface area contributed by atoms with Gasteiger partial charge >= 0.3 is 0 Å². The van der Waals surface area contributed by atoms with Gasteiger partial charge in [0.15, 0.2) is 23.4 Å². The monoisotopic (exact) mass is 299 g/mol. The smallest absolute Gasteiger partial charge is 0.293 e. The van der Waals surface area contributed by atoms with Gasteiger partial charge in [-0.1, -0.05) is 6.07 Å². The standard InChI is InChI=1S/C17H18N2O3/c1-12-5-3-4-8-19(12)13(2)17(20)18-14-6-7-15-16(11-14)22-10-9-21-15/h3-8,11,13H,9-10H2,1-2H3/p+1/t13-/m1/s1. The molecule has 1 atom stereocenters. The van der Waals surface area contributed by atoms with Crippen LogP contribution in [0.15, 0.2) is 42.6 Å². The molecule has 1 aliphatic heterocycles. The summed E-state index contributed by atoms with van der Waals surface area (Å²) in [4.78, 5) is 12.4. The van der Waals surface area contributed by atoms with E-state index in [-0.39, 0.29) is 11.9 Å². The summed E-state index contributed by atoms with van der Waals surface area (Å²) in [5.74, 6) is 1.31. The predicted octanol–water partition coefficient (Wildman–Crippen LogP) is 2.25. The van der Waals surface area contributed by atoms with Gasteiger partial charge in [-0.25, -0.2) is 0 Å². The van der Waals surface area contributed by atoms with E-state index in [1.54, 1.807) is 6.07 Å². The summed E-state index contributed by atoms with van der Waals surface area (Å²) in [5, 5.41) is 2.92. The molecule has 0 bridgehead atoms. The van der Waals surface area contributed by atoms with Gasteiger partial charge in [-0.15, -0.1) is 0 Å². The number of amides is 1. The largest absolute Gasteiger partial charge is 0.486 e. The maximum Gasteiger partial charge on any atom is 0.293 e. The molecular formula is C17H19N2O3+. The van der Waals surface area contributed by atoms with Crippen molar-refractivity contribution in [3.63, 3.8) is 0 Å². The van der Waals surface area contributed by atoms with E-state index < -0.39 is 0 Å². The van der Waals surface area contributed by atoms with Crippen molar-refractivity contribution in [2.75, 3.05) is 18.5 Å². The summed E-state index contributed by atoms with van der Waals surface area (Å²) in [6.07, 6.45) is 1.91. The number of anilines is 1. The lowest BCUT2D eigenvalue weighted by Gasteiger charge is -2.19. The van der Waals surface area contributed by atoms with Crippen LogP contribution in [-0.4, -0.2) is 19.1 Å². The number of benzene rings is 1. The number of nitrogens with one attached hydrogen (secondary N) is 1. The van der Waals surface area contributed by atoms with E-state index in [9.17, 15) is 4.79 Å². The Hall–Kier alpha value is -2.56. The number of ether oxygens (including phenoxy) is 2. The second-order valence-electron chi connectivity index (χ2n) is 5.27. The first kappa shape index (κ1) is 14.4. The quantitative estimate of drug-likeness (QED) is 0.885. The number of carbonyl (C=O) groups is 1. The van der Waals surface area contributed by atoms with Gasteiger partial charge in [0.05, 0.1) is 0 Å². The minimum Gasteiger partial charge on any atom is -0.486 e. The Kier molecular flexibility index (Phi) is 3.96. The minimum atomic E-state index is -0.297. The van der Waals surface area contributed by atoms with E-state index in [2.05, 4.69) is 5.32 Å². The molecule has 0 saturated heterocycles. The fraction of sp³-hybridized carbons (Fsp3) is 0.294. The van der Waals surface area contributed by atoms with Crippen molar-refractivity contribution in [3.8, 4) is 11.5 Å². The van der Waals surface area contributed by atoms with Gasteiger partial charge in [0, 0.05) is 37.7 Å². The molecule has 1 aliphatic rings. The summed E-state index contributed by atoms with van der Waals surface area (Å²) >= 11 is 0. The van der Waals surface area contributed by atoms with Crippen molar-refractivity contribution in [1.82, 2.24) is 0 Å². The lowest BCUT2D eigenvalue weighted by molar-refractivity contribution is -0.711. The number of aryl methyl sites for hydroxylation is 1. The molecule has 0 saturated carbocycles. The molecular weight excluding hydrogens is 280 g/mol. The molecule has 0 fully saturated rings. The van der Waals surface area contributed by atoms with Crippen molar-refractivity contribution in [2.24, 2.45) is 0 Å².